The fourth-order valence-corrected chi connectivity index (χ4v) is 2.92. The first-order chi connectivity index (χ1) is 10.1. The molecule has 0 aliphatic rings. The molecule has 2 aromatic carbocycles. The largest absolute Gasteiger partial charge is 0.398 e. The molecule has 0 saturated carbocycles. The summed E-state index contributed by atoms with van der Waals surface area (Å²) in [4.78, 5) is 8.23. The minimum atomic E-state index is 0.421. The summed E-state index contributed by atoms with van der Waals surface area (Å²) >= 11 is 0.421. The lowest BCUT2D eigenvalue weighted by molar-refractivity contribution is 0.701. The fraction of sp³-hybridized carbons (Fsp3) is 0.125. The van der Waals surface area contributed by atoms with Gasteiger partial charge in [0.05, 0.1) is 11.0 Å². The average Bonchev–Trinajstić information content (AvgIpc) is 2.91. The van der Waals surface area contributed by atoms with Crippen LogP contribution < -0.4 is 5.73 Å². The second-order valence-electron chi connectivity index (χ2n) is 5.00. The molecular weight excluding hydrogens is 282 g/mol. The molecule has 106 valence electrons. The van der Waals surface area contributed by atoms with Crippen molar-refractivity contribution in [1.29, 1.82) is 0 Å². The number of nitrogens with one attached hydrogen (secondary N) is 1. The van der Waals surface area contributed by atoms with Crippen molar-refractivity contribution in [3.8, 4) is 0 Å². The molecule has 0 amide bonds. The highest BCUT2D eigenvalue weighted by atomic mass is 32.1. The Bertz CT molecular complexity index is 859. The molecule has 4 nitrogen and oxygen atoms in total. The van der Waals surface area contributed by atoms with Crippen LogP contribution in [0.1, 0.15) is 22.5 Å². The molecule has 1 heterocycles. The molecular formula is C16H15N3OS. The normalized spacial score (nSPS) is 10.8. The summed E-state index contributed by atoms with van der Waals surface area (Å²) in [5.41, 5.74) is 11.2. The van der Waals surface area contributed by atoms with Crippen LogP contribution in [0.5, 0.6) is 0 Å². The number of nitrogen functional groups attached to an aromatic ring is 1. The third-order valence-corrected chi connectivity index (χ3v) is 4.15. The molecule has 0 fully saturated rings. The highest BCUT2D eigenvalue weighted by Gasteiger charge is 2.17. The van der Waals surface area contributed by atoms with E-state index in [0.29, 0.717) is 27.6 Å². The number of hydrogen-bond acceptors (Lipinski definition) is 3. The zero-order chi connectivity index (χ0) is 15.0. The number of rotatable bonds is 2. The van der Waals surface area contributed by atoms with Crippen molar-refractivity contribution < 1.29 is 4.21 Å². The molecule has 0 radical (unpaired) electrons. The van der Waals surface area contributed by atoms with E-state index in [1.54, 1.807) is 0 Å². The van der Waals surface area contributed by atoms with Gasteiger partial charge in [0.15, 0.2) is 5.82 Å². The molecule has 0 bridgehead atoms. The molecule has 3 aromatic rings. The summed E-state index contributed by atoms with van der Waals surface area (Å²) in [5.74, 6) is 0.566. The van der Waals surface area contributed by atoms with Crippen LogP contribution in [0, 0.1) is 13.8 Å². The van der Waals surface area contributed by atoms with E-state index in [1.807, 2.05) is 50.2 Å². The average molecular weight is 297 g/mol. The highest BCUT2D eigenvalue weighted by molar-refractivity contribution is 7.67. The van der Waals surface area contributed by atoms with Gasteiger partial charge in [-0.25, -0.2) is 9.19 Å². The number of nitrogens with two attached hydrogens (primary N) is 1. The van der Waals surface area contributed by atoms with Crippen LogP contribution in [0.15, 0.2) is 36.4 Å². The first kappa shape index (κ1) is 13.6. The van der Waals surface area contributed by atoms with Crippen LogP contribution in [0.3, 0.4) is 0 Å². The minimum Gasteiger partial charge on any atom is -0.398 e. The Morgan fingerprint density at radius 3 is 2.57 bits per heavy atom. The predicted octanol–water partition coefficient (Wildman–Crippen LogP) is 2.54. The maximum atomic E-state index is 11.7. The Morgan fingerprint density at radius 1 is 1.14 bits per heavy atom. The number of imidazole rings is 1. The Morgan fingerprint density at radius 2 is 1.86 bits per heavy atom. The third-order valence-electron chi connectivity index (χ3n) is 3.59. The maximum absolute atomic E-state index is 11.7. The van der Waals surface area contributed by atoms with Gasteiger partial charge in [-0.3, -0.25) is 0 Å². The number of fused-ring (bicyclic) bond motifs is 1. The van der Waals surface area contributed by atoms with Gasteiger partial charge in [0.1, 0.15) is 16.1 Å². The molecule has 5 heteroatoms. The molecule has 0 saturated heterocycles. The van der Waals surface area contributed by atoms with Crippen LogP contribution in [-0.4, -0.2) is 19.0 Å². The number of aryl methyl sites for hydroxylation is 2. The number of benzene rings is 2. The number of nitrogens with zero attached hydrogens (tertiary/aromatic N) is 1. The molecule has 0 aliphatic carbocycles. The van der Waals surface area contributed by atoms with E-state index in [1.165, 1.54) is 0 Å². The number of anilines is 1. The smallest absolute Gasteiger partial charge is 0.152 e. The van der Waals surface area contributed by atoms with Crippen molar-refractivity contribution in [2.24, 2.45) is 0 Å². The van der Waals surface area contributed by atoms with E-state index in [0.717, 1.165) is 27.7 Å². The van der Waals surface area contributed by atoms with Crippen molar-refractivity contribution in [2.75, 3.05) is 5.73 Å². The topological polar surface area (TPSA) is 71.8 Å². The van der Waals surface area contributed by atoms with Gasteiger partial charge < -0.3 is 10.7 Å². The van der Waals surface area contributed by atoms with Crippen LogP contribution >= 0.6 is 0 Å². The number of aromatic nitrogens is 2. The summed E-state index contributed by atoms with van der Waals surface area (Å²) in [6.07, 6.45) is 0. The molecule has 0 unspecified atom stereocenters. The van der Waals surface area contributed by atoms with Crippen LogP contribution in [-0.2, 0) is 11.3 Å². The van der Waals surface area contributed by atoms with Crippen LogP contribution in [0.25, 0.3) is 11.0 Å². The lowest BCUT2D eigenvalue weighted by Gasteiger charge is -2.11. The van der Waals surface area contributed by atoms with E-state index in [2.05, 4.69) is 9.97 Å². The zero-order valence-corrected chi connectivity index (χ0v) is 12.6. The van der Waals surface area contributed by atoms with Gasteiger partial charge in [0, 0.05) is 11.3 Å². The molecule has 0 atom stereocenters. The molecule has 21 heavy (non-hydrogen) atoms. The van der Waals surface area contributed by atoms with Gasteiger partial charge in [-0.1, -0.05) is 24.3 Å². The van der Waals surface area contributed by atoms with Gasteiger partial charge in [0.25, 0.3) is 0 Å². The Labute approximate surface area is 126 Å². The summed E-state index contributed by atoms with van der Waals surface area (Å²) in [6.45, 7) is 3.88. The van der Waals surface area contributed by atoms with Gasteiger partial charge in [-0.05, 0) is 37.1 Å². The molecule has 0 spiro atoms. The van der Waals surface area contributed by atoms with Gasteiger partial charge >= 0.3 is 0 Å². The van der Waals surface area contributed by atoms with Crippen LogP contribution in [0.2, 0.25) is 0 Å². The van der Waals surface area contributed by atoms with Crippen molar-refractivity contribution >= 4 is 32.8 Å². The second kappa shape index (κ2) is 5.18. The third kappa shape index (κ3) is 2.25. The molecule has 0 aliphatic heterocycles. The molecule has 3 rings (SSSR count). The summed E-state index contributed by atoms with van der Waals surface area (Å²) < 4.78 is 11.7. The van der Waals surface area contributed by atoms with Crippen molar-refractivity contribution in [3.63, 3.8) is 0 Å². The van der Waals surface area contributed by atoms with Crippen molar-refractivity contribution in [3.05, 3.63) is 58.9 Å². The van der Waals surface area contributed by atoms with Crippen molar-refractivity contribution in [1.82, 2.24) is 9.97 Å². The lowest BCUT2D eigenvalue weighted by atomic mass is 9.99. The minimum absolute atomic E-state index is 0.421. The van der Waals surface area contributed by atoms with Crippen molar-refractivity contribution in [2.45, 2.75) is 13.8 Å². The van der Waals surface area contributed by atoms with Gasteiger partial charge in [-0.2, -0.15) is 0 Å². The number of para-hydroxylation sites is 2. The number of hydrogen-bond donors (Lipinski definition) is 2. The Balaban J connectivity index is 2.24. The number of H-pyrrole nitrogens is 1. The molecule has 3 N–H and O–H groups in total. The molecule has 1 aromatic heterocycles. The summed E-state index contributed by atoms with van der Waals surface area (Å²) in [7, 11) is 0. The first-order valence-corrected chi connectivity index (χ1v) is 7.34. The number of aromatic amines is 1. The van der Waals surface area contributed by atoms with Gasteiger partial charge in [-0.15, -0.1) is 0 Å². The van der Waals surface area contributed by atoms with E-state index >= 15 is 0 Å². The van der Waals surface area contributed by atoms with E-state index in [4.69, 9.17) is 5.73 Å². The van der Waals surface area contributed by atoms with E-state index in [9.17, 15) is 4.21 Å². The summed E-state index contributed by atoms with van der Waals surface area (Å²) in [6, 6.07) is 11.6. The van der Waals surface area contributed by atoms with E-state index in [-0.39, 0.29) is 0 Å². The summed E-state index contributed by atoms with van der Waals surface area (Å²) in [5, 5.41) is 0. The SMILES string of the molecule is Cc1ccc(C)c(C(=S=O)c2nc3ccccc3[nH]2)c1N. The predicted molar refractivity (Wildman–Crippen MR) is 87.8 cm³/mol. The monoisotopic (exact) mass is 297 g/mol. The zero-order valence-electron chi connectivity index (χ0n) is 11.8. The Hall–Kier alpha value is -2.40. The highest BCUT2D eigenvalue weighted by Crippen LogP contribution is 2.24. The maximum Gasteiger partial charge on any atom is 0.152 e. The lowest BCUT2D eigenvalue weighted by Crippen LogP contribution is -2.11. The fourth-order valence-electron chi connectivity index (χ4n) is 2.39. The van der Waals surface area contributed by atoms with Gasteiger partial charge in [0.2, 0.25) is 0 Å². The standard InChI is InChI=1S/C16H15N3OS/c1-9-7-8-10(2)14(17)13(9)15(21-20)16-18-11-5-3-4-6-12(11)19-16/h3-8H,17H2,1-2H3,(H,18,19). The first-order valence-electron chi connectivity index (χ1n) is 6.59. The van der Waals surface area contributed by atoms with E-state index < -0.39 is 0 Å². The Kier molecular flexibility index (Phi) is 3.35. The second-order valence-corrected chi connectivity index (χ2v) is 5.58. The van der Waals surface area contributed by atoms with Crippen LogP contribution in [0.4, 0.5) is 5.69 Å². The quantitative estimate of drug-likeness (QED) is 0.434.